The van der Waals surface area contributed by atoms with Crippen LogP contribution in [0.25, 0.3) is 22.8 Å². The minimum atomic E-state index is -0.616. The van der Waals surface area contributed by atoms with E-state index in [9.17, 15) is 9.18 Å². The van der Waals surface area contributed by atoms with Gasteiger partial charge in [0.25, 0.3) is 5.91 Å². The quantitative estimate of drug-likeness (QED) is 0.525. The van der Waals surface area contributed by atoms with E-state index >= 15 is 0 Å². The lowest BCUT2D eigenvalue weighted by molar-refractivity contribution is 0.102. The van der Waals surface area contributed by atoms with Crippen LogP contribution in [-0.2, 0) is 0 Å². The number of aryl methyl sites for hydroxylation is 1. The Labute approximate surface area is 178 Å². The van der Waals surface area contributed by atoms with Crippen molar-refractivity contribution in [3.8, 4) is 22.8 Å². The van der Waals surface area contributed by atoms with E-state index in [-0.39, 0.29) is 17.4 Å². The maximum absolute atomic E-state index is 14.6. The lowest BCUT2D eigenvalue weighted by Gasteiger charge is -2.11. The Hall–Kier alpha value is -4.01. The molecule has 1 N–H and O–H groups in total. The Morgan fingerprint density at radius 3 is 2.65 bits per heavy atom. The number of tetrazole rings is 1. The molecule has 0 bridgehead atoms. The highest BCUT2D eigenvalue weighted by Crippen LogP contribution is 2.25. The molecule has 0 atom stereocenters. The summed E-state index contributed by atoms with van der Waals surface area (Å²) in [5.74, 6) is -0.484. The zero-order valence-corrected chi connectivity index (χ0v) is 17.2. The number of rotatable bonds is 5. The number of amides is 1. The Morgan fingerprint density at radius 2 is 1.90 bits per heavy atom. The summed E-state index contributed by atoms with van der Waals surface area (Å²) >= 11 is 0. The summed E-state index contributed by atoms with van der Waals surface area (Å²) in [6, 6.07) is 13.4. The number of hydrogen-bond donors (Lipinski definition) is 1. The molecule has 4 rings (SSSR count). The molecule has 0 aliphatic rings. The van der Waals surface area contributed by atoms with E-state index in [1.165, 1.54) is 12.1 Å². The number of halogens is 1. The van der Waals surface area contributed by atoms with Crippen LogP contribution in [0, 0.1) is 12.7 Å². The third-order valence-corrected chi connectivity index (χ3v) is 4.70. The number of pyridine rings is 2. The van der Waals surface area contributed by atoms with Gasteiger partial charge in [-0.05, 0) is 73.2 Å². The normalized spacial score (nSPS) is 11.0. The number of aromatic nitrogens is 6. The summed E-state index contributed by atoms with van der Waals surface area (Å²) in [6.45, 7) is 5.67. The van der Waals surface area contributed by atoms with Crippen molar-refractivity contribution in [2.24, 2.45) is 0 Å². The van der Waals surface area contributed by atoms with Crippen molar-refractivity contribution in [2.45, 2.75) is 26.8 Å². The fourth-order valence-corrected chi connectivity index (χ4v) is 3.17. The first-order valence-corrected chi connectivity index (χ1v) is 9.72. The van der Waals surface area contributed by atoms with Gasteiger partial charge in [0, 0.05) is 11.8 Å². The number of carbonyl (C=O) groups excluding carboxylic acids is 1. The molecule has 3 aromatic heterocycles. The van der Waals surface area contributed by atoms with Gasteiger partial charge in [0.05, 0.1) is 17.3 Å². The van der Waals surface area contributed by atoms with Gasteiger partial charge in [-0.25, -0.2) is 14.1 Å². The highest BCUT2D eigenvalue weighted by Gasteiger charge is 2.18. The molecule has 1 amide bonds. The minimum Gasteiger partial charge on any atom is -0.306 e. The molecule has 3 heterocycles. The molecular formula is C22H20FN7O. The van der Waals surface area contributed by atoms with Crippen LogP contribution >= 0.6 is 0 Å². The third kappa shape index (κ3) is 4.16. The number of nitrogens with zero attached hydrogens (tertiary/aromatic N) is 6. The largest absolute Gasteiger partial charge is 0.306 e. The van der Waals surface area contributed by atoms with Crippen molar-refractivity contribution in [1.82, 2.24) is 30.2 Å². The van der Waals surface area contributed by atoms with E-state index in [1.807, 2.05) is 26.0 Å². The van der Waals surface area contributed by atoms with Gasteiger partial charge >= 0.3 is 0 Å². The summed E-state index contributed by atoms with van der Waals surface area (Å²) in [6.07, 6.45) is 1.65. The molecule has 0 aliphatic heterocycles. The number of hydrogen-bond acceptors (Lipinski definition) is 6. The average molecular weight is 417 g/mol. The molecular weight excluding hydrogens is 397 g/mol. The molecule has 4 aromatic rings. The highest BCUT2D eigenvalue weighted by molar-refractivity contribution is 6.04. The van der Waals surface area contributed by atoms with E-state index in [0.29, 0.717) is 28.3 Å². The van der Waals surface area contributed by atoms with Crippen LogP contribution in [0.4, 0.5) is 10.2 Å². The predicted molar refractivity (Wildman–Crippen MR) is 114 cm³/mol. The van der Waals surface area contributed by atoms with Crippen molar-refractivity contribution in [3.05, 3.63) is 71.7 Å². The van der Waals surface area contributed by atoms with Gasteiger partial charge in [0.15, 0.2) is 0 Å². The molecule has 0 spiro atoms. The molecule has 9 heteroatoms. The third-order valence-electron chi connectivity index (χ3n) is 4.70. The summed E-state index contributed by atoms with van der Waals surface area (Å²) in [5, 5.41) is 14.3. The Bertz CT molecular complexity index is 1240. The number of carbonyl (C=O) groups is 1. The number of nitrogens with one attached hydrogen (secondary N) is 1. The molecule has 0 saturated carbocycles. The van der Waals surface area contributed by atoms with Crippen molar-refractivity contribution < 1.29 is 9.18 Å². The maximum Gasteiger partial charge on any atom is 0.259 e. The Kier molecular flexibility index (Phi) is 5.48. The zero-order chi connectivity index (χ0) is 22.0. The van der Waals surface area contributed by atoms with E-state index in [2.05, 4.69) is 30.8 Å². The standard InChI is InChI=1S/C22H20FN7O/c1-13(2)30-21(27-28-29-30)19-8-6-9-20(25-19)26-22(31)16-12-15(14(3)11-17(16)23)18-7-4-5-10-24-18/h4-13H,1-3H3,(H,25,26,31). The first-order valence-electron chi connectivity index (χ1n) is 9.72. The molecule has 1 aromatic carbocycles. The lowest BCUT2D eigenvalue weighted by atomic mass is 10.0. The Morgan fingerprint density at radius 1 is 1.10 bits per heavy atom. The maximum atomic E-state index is 14.6. The van der Waals surface area contributed by atoms with Gasteiger partial charge in [-0.2, -0.15) is 0 Å². The van der Waals surface area contributed by atoms with E-state index in [0.717, 1.165) is 0 Å². The summed E-state index contributed by atoms with van der Waals surface area (Å²) < 4.78 is 16.2. The second kappa shape index (κ2) is 8.39. The summed E-state index contributed by atoms with van der Waals surface area (Å²) in [5.41, 5.74) is 2.44. The minimum absolute atomic E-state index is 0.0386. The van der Waals surface area contributed by atoms with Crippen LogP contribution in [0.1, 0.15) is 35.8 Å². The zero-order valence-electron chi connectivity index (χ0n) is 17.2. The van der Waals surface area contributed by atoms with Gasteiger partial charge < -0.3 is 5.32 Å². The van der Waals surface area contributed by atoms with Crippen molar-refractivity contribution in [2.75, 3.05) is 5.32 Å². The monoisotopic (exact) mass is 417 g/mol. The van der Waals surface area contributed by atoms with Crippen LogP contribution in [0.15, 0.2) is 54.7 Å². The van der Waals surface area contributed by atoms with Crippen LogP contribution in [0.3, 0.4) is 0 Å². The fraction of sp³-hybridized carbons (Fsp3) is 0.182. The topological polar surface area (TPSA) is 98.5 Å². The molecule has 156 valence electrons. The lowest BCUT2D eigenvalue weighted by Crippen LogP contribution is -2.15. The molecule has 0 radical (unpaired) electrons. The predicted octanol–water partition coefficient (Wildman–Crippen LogP) is 4.08. The summed E-state index contributed by atoms with van der Waals surface area (Å²) in [4.78, 5) is 21.6. The second-order valence-electron chi connectivity index (χ2n) is 7.26. The molecule has 0 fully saturated rings. The van der Waals surface area contributed by atoms with Crippen LogP contribution in [0.5, 0.6) is 0 Å². The molecule has 8 nitrogen and oxygen atoms in total. The SMILES string of the molecule is Cc1cc(F)c(C(=O)Nc2cccc(-c3nnnn3C(C)C)n2)cc1-c1ccccn1. The average Bonchev–Trinajstić information content (AvgIpc) is 3.25. The molecule has 0 saturated heterocycles. The van der Waals surface area contributed by atoms with E-state index < -0.39 is 11.7 Å². The molecule has 31 heavy (non-hydrogen) atoms. The number of benzene rings is 1. The van der Waals surface area contributed by atoms with Crippen molar-refractivity contribution in [3.63, 3.8) is 0 Å². The van der Waals surface area contributed by atoms with E-state index in [1.54, 1.807) is 42.1 Å². The van der Waals surface area contributed by atoms with Gasteiger partial charge in [-0.1, -0.05) is 12.1 Å². The Balaban J connectivity index is 1.64. The fourth-order valence-electron chi connectivity index (χ4n) is 3.17. The second-order valence-corrected chi connectivity index (χ2v) is 7.26. The first kappa shape index (κ1) is 20.3. The van der Waals surface area contributed by atoms with Crippen molar-refractivity contribution in [1.29, 1.82) is 0 Å². The van der Waals surface area contributed by atoms with Crippen LogP contribution < -0.4 is 5.32 Å². The van der Waals surface area contributed by atoms with Crippen LogP contribution in [0.2, 0.25) is 0 Å². The molecule has 0 aliphatic carbocycles. The van der Waals surface area contributed by atoms with Crippen LogP contribution in [-0.4, -0.2) is 36.1 Å². The van der Waals surface area contributed by atoms with Gasteiger partial charge in [-0.15, -0.1) is 5.10 Å². The number of anilines is 1. The highest BCUT2D eigenvalue weighted by atomic mass is 19.1. The first-order chi connectivity index (χ1) is 14.9. The van der Waals surface area contributed by atoms with Crippen molar-refractivity contribution >= 4 is 11.7 Å². The smallest absolute Gasteiger partial charge is 0.259 e. The van der Waals surface area contributed by atoms with Gasteiger partial charge in [0.1, 0.15) is 17.3 Å². The van der Waals surface area contributed by atoms with Gasteiger partial charge in [0.2, 0.25) is 5.82 Å². The van der Waals surface area contributed by atoms with Gasteiger partial charge in [-0.3, -0.25) is 9.78 Å². The van der Waals surface area contributed by atoms with E-state index in [4.69, 9.17) is 0 Å². The molecule has 0 unspecified atom stereocenters. The summed E-state index contributed by atoms with van der Waals surface area (Å²) in [7, 11) is 0.